The molecule has 2 N–H and O–H groups in total. The van der Waals surface area contributed by atoms with Gasteiger partial charge in [-0.1, -0.05) is 12.1 Å². The Bertz CT molecular complexity index is 399. The Hall–Kier alpha value is -1.33. The number of hydrogen-bond donors (Lipinski definition) is 2. The average molecular weight is 279 g/mol. The summed E-state index contributed by atoms with van der Waals surface area (Å²) in [4.78, 5) is 15.4. The Morgan fingerprint density at radius 2 is 2.26 bits per heavy atom. The third kappa shape index (κ3) is 4.08. The second kappa shape index (κ2) is 7.31. The van der Waals surface area contributed by atoms with Crippen LogP contribution in [0.25, 0.3) is 0 Å². The fraction of sp³-hybridized carbons (Fsp3) is 0.500. The molecule has 2 heterocycles. The molecule has 1 aliphatic heterocycles. The third-order valence-corrected chi connectivity index (χ3v) is 4.29. The van der Waals surface area contributed by atoms with Crippen LogP contribution in [0.15, 0.2) is 30.2 Å². The molecule has 1 saturated heterocycles. The maximum absolute atomic E-state index is 11.6. The van der Waals surface area contributed by atoms with Crippen molar-refractivity contribution in [2.24, 2.45) is 0 Å². The van der Waals surface area contributed by atoms with Crippen LogP contribution in [0.3, 0.4) is 0 Å². The molecule has 1 unspecified atom stereocenters. The minimum absolute atomic E-state index is 0.124. The van der Waals surface area contributed by atoms with Crippen molar-refractivity contribution >= 4 is 17.4 Å². The molecule has 19 heavy (non-hydrogen) atoms. The highest BCUT2D eigenvalue weighted by molar-refractivity contribution is 7.10. The molecule has 1 fully saturated rings. The molecule has 1 atom stereocenters. The number of nitrogens with one attached hydrogen (secondary N) is 2. The lowest BCUT2D eigenvalue weighted by atomic mass is 10.2. The zero-order chi connectivity index (χ0) is 13.5. The fourth-order valence-electron chi connectivity index (χ4n) is 2.36. The number of urea groups is 1. The highest BCUT2D eigenvalue weighted by Crippen LogP contribution is 2.27. The number of hydrogen-bond acceptors (Lipinski definition) is 3. The molecule has 0 aliphatic carbocycles. The zero-order valence-electron chi connectivity index (χ0n) is 11.1. The standard InChI is InChI=1S/C14H21N3OS/c1-2-7-15-14(18)16-11-12(13-6-5-10-19-13)17-8-3-4-9-17/h2,5-6,10,12H,1,3-4,7-9,11H2,(H2,15,16,18). The predicted molar refractivity (Wildman–Crippen MR) is 79.5 cm³/mol. The number of carbonyl (C=O) groups is 1. The molecule has 0 saturated carbocycles. The van der Waals surface area contributed by atoms with E-state index in [9.17, 15) is 4.79 Å². The molecule has 1 aromatic rings. The van der Waals surface area contributed by atoms with Gasteiger partial charge in [0, 0.05) is 18.0 Å². The van der Waals surface area contributed by atoms with Gasteiger partial charge in [-0.2, -0.15) is 0 Å². The Kier molecular flexibility index (Phi) is 5.42. The SMILES string of the molecule is C=CCNC(=O)NCC(c1cccs1)N1CCCC1. The number of amides is 2. The second-order valence-electron chi connectivity index (χ2n) is 4.65. The van der Waals surface area contributed by atoms with Crippen LogP contribution in [0.5, 0.6) is 0 Å². The minimum atomic E-state index is -0.124. The van der Waals surface area contributed by atoms with Gasteiger partial charge in [-0.15, -0.1) is 17.9 Å². The van der Waals surface area contributed by atoms with E-state index in [-0.39, 0.29) is 6.03 Å². The summed E-state index contributed by atoms with van der Waals surface area (Å²) in [5.41, 5.74) is 0. The summed E-state index contributed by atoms with van der Waals surface area (Å²) in [6.45, 7) is 6.99. The van der Waals surface area contributed by atoms with Crippen molar-refractivity contribution in [1.29, 1.82) is 0 Å². The van der Waals surface area contributed by atoms with Crippen LogP contribution in [-0.4, -0.2) is 37.1 Å². The van der Waals surface area contributed by atoms with Crippen LogP contribution in [-0.2, 0) is 0 Å². The number of likely N-dealkylation sites (tertiary alicyclic amines) is 1. The number of nitrogens with zero attached hydrogens (tertiary/aromatic N) is 1. The molecule has 5 heteroatoms. The summed E-state index contributed by atoms with van der Waals surface area (Å²) in [6, 6.07) is 4.40. The molecule has 1 aromatic heterocycles. The van der Waals surface area contributed by atoms with E-state index in [0.717, 1.165) is 13.1 Å². The van der Waals surface area contributed by atoms with E-state index < -0.39 is 0 Å². The first-order chi connectivity index (χ1) is 9.31. The summed E-state index contributed by atoms with van der Waals surface area (Å²) in [5.74, 6) is 0. The van der Waals surface area contributed by atoms with Crippen molar-refractivity contribution in [1.82, 2.24) is 15.5 Å². The average Bonchev–Trinajstić information content (AvgIpc) is 3.09. The molecule has 0 radical (unpaired) electrons. The molecule has 0 spiro atoms. The first kappa shape index (κ1) is 14.1. The summed E-state index contributed by atoms with van der Waals surface area (Å²) >= 11 is 1.76. The van der Waals surface area contributed by atoms with E-state index in [1.165, 1.54) is 17.7 Å². The van der Waals surface area contributed by atoms with Gasteiger partial charge in [0.15, 0.2) is 0 Å². The van der Waals surface area contributed by atoms with Gasteiger partial charge in [0.25, 0.3) is 0 Å². The highest BCUT2D eigenvalue weighted by Gasteiger charge is 2.24. The van der Waals surface area contributed by atoms with Crippen molar-refractivity contribution in [3.8, 4) is 0 Å². The van der Waals surface area contributed by atoms with E-state index in [4.69, 9.17) is 0 Å². The Morgan fingerprint density at radius 1 is 1.47 bits per heavy atom. The molecule has 4 nitrogen and oxygen atoms in total. The maximum atomic E-state index is 11.6. The number of carbonyl (C=O) groups excluding carboxylic acids is 1. The summed E-state index contributed by atoms with van der Waals surface area (Å²) in [6.07, 6.45) is 4.19. The Labute approximate surface area is 118 Å². The molecule has 0 bridgehead atoms. The van der Waals surface area contributed by atoms with Crippen molar-refractivity contribution in [3.05, 3.63) is 35.0 Å². The molecule has 2 amide bonds. The summed E-state index contributed by atoms with van der Waals surface area (Å²) < 4.78 is 0. The van der Waals surface area contributed by atoms with Gasteiger partial charge in [0.2, 0.25) is 0 Å². The molecular weight excluding hydrogens is 258 g/mol. The van der Waals surface area contributed by atoms with E-state index in [0.29, 0.717) is 19.1 Å². The van der Waals surface area contributed by atoms with Crippen molar-refractivity contribution in [2.45, 2.75) is 18.9 Å². The topological polar surface area (TPSA) is 44.4 Å². The van der Waals surface area contributed by atoms with Crippen LogP contribution in [0.1, 0.15) is 23.8 Å². The number of rotatable bonds is 6. The first-order valence-corrected chi connectivity index (χ1v) is 7.59. The third-order valence-electron chi connectivity index (χ3n) is 3.32. The van der Waals surface area contributed by atoms with E-state index in [2.05, 4.69) is 39.6 Å². The van der Waals surface area contributed by atoms with Gasteiger partial charge in [0.05, 0.1) is 6.04 Å². The van der Waals surface area contributed by atoms with Crippen molar-refractivity contribution in [3.63, 3.8) is 0 Å². The van der Waals surface area contributed by atoms with Crippen molar-refractivity contribution in [2.75, 3.05) is 26.2 Å². The van der Waals surface area contributed by atoms with E-state index in [1.54, 1.807) is 17.4 Å². The molecule has 1 aliphatic rings. The van der Waals surface area contributed by atoms with Gasteiger partial charge in [-0.25, -0.2) is 4.79 Å². The van der Waals surface area contributed by atoms with Crippen LogP contribution in [0, 0.1) is 0 Å². The van der Waals surface area contributed by atoms with Crippen LogP contribution < -0.4 is 10.6 Å². The predicted octanol–water partition coefficient (Wildman–Crippen LogP) is 2.37. The lowest BCUT2D eigenvalue weighted by Gasteiger charge is -2.26. The lowest BCUT2D eigenvalue weighted by molar-refractivity contribution is 0.223. The van der Waals surface area contributed by atoms with E-state index >= 15 is 0 Å². The van der Waals surface area contributed by atoms with Crippen LogP contribution in [0.4, 0.5) is 4.79 Å². The van der Waals surface area contributed by atoms with Gasteiger partial charge < -0.3 is 10.6 Å². The first-order valence-electron chi connectivity index (χ1n) is 6.71. The van der Waals surface area contributed by atoms with Crippen LogP contribution >= 0.6 is 11.3 Å². The van der Waals surface area contributed by atoms with E-state index in [1.807, 2.05) is 0 Å². The second-order valence-corrected chi connectivity index (χ2v) is 5.63. The molecular formula is C14H21N3OS. The maximum Gasteiger partial charge on any atom is 0.315 e. The van der Waals surface area contributed by atoms with Crippen molar-refractivity contribution < 1.29 is 4.79 Å². The van der Waals surface area contributed by atoms with Gasteiger partial charge in [-0.05, 0) is 37.4 Å². The normalized spacial score (nSPS) is 17.1. The van der Waals surface area contributed by atoms with Gasteiger partial charge in [-0.3, -0.25) is 4.90 Å². The Balaban J connectivity index is 1.90. The zero-order valence-corrected chi connectivity index (χ0v) is 11.9. The minimum Gasteiger partial charge on any atom is -0.336 e. The molecule has 104 valence electrons. The summed E-state index contributed by atoms with van der Waals surface area (Å²) in [5, 5.41) is 7.78. The fourth-order valence-corrected chi connectivity index (χ4v) is 3.22. The largest absolute Gasteiger partial charge is 0.336 e. The quantitative estimate of drug-likeness (QED) is 0.785. The molecule has 2 rings (SSSR count). The van der Waals surface area contributed by atoms with Gasteiger partial charge >= 0.3 is 6.03 Å². The van der Waals surface area contributed by atoms with Gasteiger partial charge in [0.1, 0.15) is 0 Å². The smallest absolute Gasteiger partial charge is 0.315 e. The van der Waals surface area contributed by atoms with Crippen LogP contribution in [0.2, 0.25) is 0 Å². The lowest BCUT2D eigenvalue weighted by Crippen LogP contribution is -2.41. The summed E-state index contributed by atoms with van der Waals surface area (Å²) in [7, 11) is 0. The molecule has 0 aromatic carbocycles. The highest BCUT2D eigenvalue weighted by atomic mass is 32.1. The Morgan fingerprint density at radius 3 is 2.89 bits per heavy atom. The number of thiophene rings is 1. The monoisotopic (exact) mass is 279 g/mol.